The van der Waals surface area contributed by atoms with E-state index in [-0.39, 0.29) is 6.10 Å². The zero-order chi connectivity index (χ0) is 13.4. The van der Waals surface area contributed by atoms with Gasteiger partial charge in [0.1, 0.15) is 0 Å². The lowest BCUT2D eigenvalue weighted by Gasteiger charge is -2.20. The Morgan fingerprint density at radius 3 is 2.72 bits per heavy atom. The van der Waals surface area contributed by atoms with Gasteiger partial charge in [-0.25, -0.2) is 4.98 Å². The molecule has 0 spiro atoms. The Morgan fingerprint density at radius 1 is 1.39 bits per heavy atom. The highest BCUT2D eigenvalue weighted by Gasteiger charge is 2.14. The van der Waals surface area contributed by atoms with Gasteiger partial charge in [0.15, 0.2) is 0 Å². The molecule has 4 nitrogen and oxygen atoms in total. The van der Waals surface area contributed by atoms with Gasteiger partial charge in [-0.05, 0) is 12.0 Å². The molecule has 18 heavy (non-hydrogen) atoms. The fourth-order valence-corrected chi connectivity index (χ4v) is 2.10. The molecule has 0 aromatic carbocycles. The molecular weight excluding hydrogens is 228 g/mol. The SMILES string of the molecule is CCC(CC)C(O)CNCc1cccnc1OC. The number of pyridine rings is 1. The largest absolute Gasteiger partial charge is 0.481 e. The summed E-state index contributed by atoms with van der Waals surface area (Å²) in [6, 6.07) is 3.86. The van der Waals surface area contributed by atoms with Crippen LogP contribution < -0.4 is 10.1 Å². The van der Waals surface area contributed by atoms with Gasteiger partial charge in [0, 0.05) is 24.8 Å². The van der Waals surface area contributed by atoms with Crippen molar-refractivity contribution in [2.45, 2.75) is 39.3 Å². The van der Waals surface area contributed by atoms with Gasteiger partial charge < -0.3 is 15.2 Å². The number of aromatic nitrogens is 1. The summed E-state index contributed by atoms with van der Waals surface area (Å²) in [6.45, 7) is 5.49. The number of aliphatic hydroxyl groups excluding tert-OH is 1. The van der Waals surface area contributed by atoms with Crippen molar-refractivity contribution in [1.29, 1.82) is 0 Å². The topological polar surface area (TPSA) is 54.4 Å². The first kappa shape index (κ1) is 14.9. The fourth-order valence-electron chi connectivity index (χ4n) is 2.10. The predicted octanol–water partition coefficient (Wildman–Crippen LogP) is 1.98. The Bertz CT molecular complexity index is 340. The third-order valence-corrected chi connectivity index (χ3v) is 3.31. The summed E-state index contributed by atoms with van der Waals surface area (Å²) in [6.07, 6.45) is 3.44. The molecule has 0 aliphatic rings. The van der Waals surface area contributed by atoms with Crippen molar-refractivity contribution in [2.75, 3.05) is 13.7 Å². The number of hydrogen-bond donors (Lipinski definition) is 2. The molecule has 1 rings (SSSR count). The van der Waals surface area contributed by atoms with E-state index < -0.39 is 0 Å². The third-order valence-electron chi connectivity index (χ3n) is 3.31. The maximum atomic E-state index is 10.0. The molecule has 0 saturated heterocycles. The van der Waals surface area contributed by atoms with Crippen LogP contribution in [0.2, 0.25) is 0 Å². The molecule has 1 heterocycles. The van der Waals surface area contributed by atoms with Crippen LogP contribution in [-0.4, -0.2) is 29.8 Å². The molecule has 0 saturated carbocycles. The van der Waals surface area contributed by atoms with Gasteiger partial charge in [0.25, 0.3) is 0 Å². The summed E-state index contributed by atoms with van der Waals surface area (Å²) in [7, 11) is 1.62. The van der Waals surface area contributed by atoms with Crippen LogP contribution in [0.3, 0.4) is 0 Å². The van der Waals surface area contributed by atoms with Crippen molar-refractivity contribution in [2.24, 2.45) is 5.92 Å². The molecule has 0 amide bonds. The van der Waals surface area contributed by atoms with E-state index in [1.54, 1.807) is 13.3 Å². The summed E-state index contributed by atoms with van der Waals surface area (Å²) < 4.78 is 5.18. The lowest BCUT2D eigenvalue weighted by molar-refractivity contribution is 0.101. The van der Waals surface area contributed by atoms with Gasteiger partial charge >= 0.3 is 0 Å². The van der Waals surface area contributed by atoms with Crippen molar-refractivity contribution in [3.05, 3.63) is 23.9 Å². The van der Waals surface area contributed by atoms with Crippen LogP contribution in [0.15, 0.2) is 18.3 Å². The van der Waals surface area contributed by atoms with E-state index in [9.17, 15) is 5.11 Å². The highest BCUT2D eigenvalue weighted by molar-refractivity contribution is 5.24. The number of nitrogens with zero attached hydrogens (tertiary/aromatic N) is 1. The van der Waals surface area contributed by atoms with Gasteiger partial charge in [-0.1, -0.05) is 32.8 Å². The molecule has 1 unspecified atom stereocenters. The fraction of sp³-hybridized carbons (Fsp3) is 0.643. The van der Waals surface area contributed by atoms with Crippen LogP contribution in [0.5, 0.6) is 5.88 Å². The highest BCUT2D eigenvalue weighted by Crippen LogP contribution is 2.14. The van der Waals surface area contributed by atoms with Crippen molar-refractivity contribution in [1.82, 2.24) is 10.3 Å². The first-order chi connectivity index (χ1) is 8.72. The van der Waals surface area contributed by atoms with Gasteiger partial charge in [0.05, 0.1) is 13.2 Å². The zero-order valence-electron chi connectivity index (χ0n) is 11.5. The number of rotatable bonds is 8. The van der Waals surface area contributed by atoms with E-state index in [1.807, 2.05) is 12.1 Å². The van der Waals surface area contributed by atoms with E-state index in [0.29, 0.717) is 24.9 Å². The monoisotopic (exact) mass is 252 g/mol. The van der Waals surface area contributed by atoms with Crippen LogP contribution >= 0.6 is 0 Å². The Kier molecular flexibility index (Phi) is 6.68. The minimum absolute atomic E-state index is 0.289. The van der Waals surface area contributed by atoms with Crippen molar-refractivity contribution in [3.63, 3.8) is 0 Å². The molecule has 1 aromatic heterocycles. The first-order valence-electron chi connectivity index (χ1n) is 6.59. The van der Waals surface area contributed by atoms with Crippen LogP contribution in [0.1, 0.15) is 32.3 Å². The molecule has 4 heteroatoms. The first-order valence-corrected chi connectivity index (χ1v) is 6.59. The van der Waals surface area contributed by atoms with Gasteiger partial charge in [-0.15, -0.1) is 0 Å². The van der Waals surface area contributed by atoms with Crippen LogP contribution in [0.4, 0.5) is 0 Å². The second kappa shape index (κ2) is 8.06. The van der Waals surface area contributed by atoms with E-state index in [1.165, 1.54) is 0 Å². The number of nitrogens with one attached hydrogen (secondary N) is 1. The molecule has 1 atom stereocenters. The lowest BCUT2D eigenvalue weighted by Crippen LogP contribution is -2.32. The minimum Gasteiger partial charge on any atom is -0.481 e. The Balaban J connectivity index is 2.41. The maximum absolute atomic E-state index is 10.0. The predicted molar refractivity (Wildman–Crippen MR) is 72.6 cm³/mol. The quantitative estimate of drug-likeness (QED) is 0.743. The Morgan fingerprint density at radius 2 is 2.11 bits per heavy atom. The standard InChI is InChI=1S/C14H24N2O2/c1-4-11(5-2)13(17)10-15-9-12-7-6-8-16-14(12)18-3/h6-8,11,13,15,17H,4-5,9-10H2,1-3H3. The average molecular weight is 252 g/mol. The molecule has 0 bridgehead atoms. The Labute approximate surface area is 109 Å². The zero-order valence-corrected chi connectivity index (χ0v) is 11.5. The third kappa shape index (κ3) is 4.27. The lowest BCUT2D eigenvalue weighted by atomic mass is 9.96. The number of hydrogen-bond acceptors (Lipinski definition) is 4. The summed E-state index contributed by atoms with van der Waals surface area (Å²) in [5, 5.41) is 13.3. The second-order valence-corrected chi connectivity index (χ2v) is 4.45. The van der Waals surface area contributed by atoms with Crippen molar-refractivity contribution < 1.29 is 9.84 Å². The summed E-state index contributed by atoms with van der Waals surface area (Å²) in [4.78, 5) is 4.14. The van der Waals surface area contributed by atoms with Crippen molar-refractivity contribution in [3.8, 4) is 5.88 Å². The smallest absolute Gasteiger partial charge is 0.217 e. The molecular formula is C14H24N2O2. The molecule has 0 aliphatic carbocycles. The summed E-state index contributed by atoms with van der Waals surface area (Å²) in [5.41, 5.74) is 1.01. The summed E-state index contributed by atoms with van der Waals surface area (Å²) >= 11 is 0. The maximum Gasteiger partial charge on any atom is 0.217 e. The van der Waals surface area contributed by atoms with Crippen LogP contribution in [-0.2, 0) is 6.54 Å². The van der Waals surface area contributed by atoms with Crippen LogP contribution in [0.25, 0.3) is 0 Å². The normalized spacial score (nSPS) is 12.7. The minimum atomic E-state index is -0.289. The molecule has 0 aliphatic heterocycles. The molecule has 102 valence electrons. The van der Waals surface area contributed by atoms with E-state index >= 15 is 0 Å². The number of aliphatic hydroxyl groups is 1. The highest BCUT2D eigenvalue weighted by atomic mass is 16.5. The number of methoxy groups -OCH3 is 1. The van der Waals surface area contributed by atoms with E-state index in [4.69, 9.17) is 4.74 Å². The molecule has 0 fully saturated rings. The number of ether oxygens (including phenoxy) is 1. The Hall–Kier alpha value is -1.13. The van der Waals surface area contributed by atoms with Crippen molar-refractivity contribution >= 4 is 0 Å². The molecule has 2 N–H and O–H groups in total. The van der Waals surface area contributed by atoms with Gasteiger partial charge in [0.2, 0.25) is 5.88 Å². The molecule has 1 aromatic rings. The van der Waals surface area contributed by atoms with E-state index in [2.05, 4.69) is 24.1 Å². The average Bonchev–Trinajstić information content (AvgIpc) is 2.40. The van der Waals surface area contributed by atoms with Gasteiger partial charge in [-0.2, -0.15) is 0 Å². The van der Waals surface area contributed by atoms with Crippen LogP contribution in [0, 0.1) is 5.92 Å². The van der Waals surface area contributed by atoms with E-state index in [0.717, 1.165) is 18.4 Å². The second-order valence-electron chi connectivity index (χ2n) is 4.45. The van der Waals surface area contributed by atoms with Gasteiger partial charge in [-0.3, -0.25) is 0 Å². The molecule has 0 radical (unpaired) electrons. The summed E-state index contributed by atoms with van der Waals surface area (Å²) in [5.74, 6) is 1.01.